The van der Waals surface area contributed by atoms with Crippen LogP contribution in [-0.2, 0) is 17.8 Å². The van der Waals surface area contributed by atoms with E-state index in [9.17, 15) is 23.9 Å². The van der Waals surface area contributed by atoms with Crippen molar-refractivity contribution in [1.29, 1.82) is 0 Å². The number of nitrogens with one attached hydrogen (secondary N) is 2. The van der Waals surface area contributed by atoms with Crippen LogP contribution in [0.3, 0.4) is 0 Å². The lowest BCUT2D eigenvalue weighted by Crippen LogP contribution is -2.51. The molecule has 4 rings (SSSR count). The predicted molar refractivity (Wildman–Crippen MR) is 127 cm³/mol. The van der Waals surface area contributed by atoms with Gasteiger partial charge in [-0.15, -0.1) is 0 Å². The van der Waals surface area contributed by atoms with Gasteiger partial charge in [0.25, 0.3) is 17.6 Å². The third-order valence-electron chi connectivity index (χ3n) is 7.20. The van der Waals surface area contributed by atoms with E-state index in [1.54, 1.807) is 19.9 Å². The van der Waals surface area contributed by atoms with Gasteiger partial charge in [-0.1, -0.05) is 0 Å². The van der Waals surface area contributed by atoms with Gasteiger partial charge in [-0.2, -0.15) is 0 Å². The number of aliphatic hydroxyl groups excluding tert-OH is 1. The number of amides is 2. The SMILES string of the molecule is Cc1cc(NC(=O)c2c(C)c(C(=O)C(=O)N[C@]3(C)CC[C@H](O)CC3)n3c2CCCC3)ccc1F. The van der Waals surface area contributed by atoms with Gasteiger partial charge in [0.15, 0.2) is 0 Å². The van der Waals surface area contributed by atoms with E-state index < -0.39 is 17.2 Å². The van der Waals surface area contributed by atoms with Gasteiger partial charge in [0, 0.05) is 23.5 Å². The van der Waals surface area contributed by atoms with Gasteiger partial charge in [-0.05, 0) is 95.0 Å². The molecule has 2 amide bonds. The highest BCUT2D eigenvalue weighted by Gasteiger charge is 2.36. The summed E-state index contributed by atoms with van der Waals surface area (Å²) < 4.78 is 15.4. The largest absolute Gasteiger partial charge is 0.393 e. The van der Waals surface area contributed by atoms with E-state index in [-0.39, 0.29) is 23.5 Å². The van der Waals surface area contributed by atoms with Crippen molar-refractivity contribution in [3.8, 4) is 0 Å². The van der Waals surface area contributed by atoms with Crippen molar-refractivity contribution in [3.05, 3.63) is 52.1 Å². The Labute approximate surface area is 198 Å². The highest BCUT2D eigenvalue weighted by atomic mass is 19.1. The van der Waals surface area contributed by atoms with Crippen molar-refractivity contribution in [2.75, 3.05) is 5.32 Å². The third kappa shape index (κ3) is 4.64. The molecule has 1 saturated carbocycles. The molecule has 2 aromatic rings. The summed E-state index contributed by atoms with van der Waals surface area (Å²) in [5.74, 6) is -2.06. The Balaban J connectivity index is 1.62. The van der Waals surface area contributed by atoms with Crippen molar-refractivity contribution in [2.24, 2.45) is 0 Å². The first-order chi connectivity index (χ1) is 16.1. The van der Waals surface area contributed by atoms with E-state index in [1.807, 2.05) is 11.5 Å². The summed E-state index contributed by atoms with van der Waals surface area (Å²) in [6.45, 7) is 5.79. The van der Waals surface area contributed by atoms with Crippen molar-refractivity contribution >= 4 is 23.3 Å². The third-order valence-corrected chi connectivity index (χ3v) is 7.20. The molecule has 8 heteroatoms. The molecule has 34 heavy (non-hydrogen) atoms. The Morgan fingerprint density at radius 2 is 1.85 bits per heavy atom. The standard InChI is InChI=1S/C26H32FN3O4/c1-15-14-17(7-8-19(15)27)28-24(33)21-16(2)22(30-13-5-4-6-20(21)30)23(32)25(34)29-26(3)11-9-18(31)10-12-26/h7-8,14,18,31H,4-6,9-13H2,1-3H3,(H,28,33)(H,29,34)/t18-,26+. The number of aromatic nitrogens is 1. The molecule has 0 radical (unpaired) electrons. The molecule has 1 fully saturated rings. The number of halogens is 1. The number of hydrogen-bond donors (Lipinski definition) is 3. The highest BCUT2D eigenvalue weighted by molar-refractivity contribution is 6.43. The van der Waals surface area contributed by atoms with Gasteiger partial charge in [0.2, 0.25) is 0 Å². The Hall–Kier alpha value is -3.00. The van der Waals surface area contributed by atoms with Gasteiger partial charge in [0.05, 0.1) is 17.4 Å². The van der Waals surface area contributed by atoms with Crippen LogP contribution in [0.5, 0.6) is 0 Å². The number of hydrogen-bond acceptors (Lipinski definition) is 4. The van der Waals surface area contributed by atoms with Crippen molar-refractivity contribution in [2.45, 2.75) is 83.9 Å². The lowest BCUT2D eigenvalue weighted by molar-refractivity contribution is -0.119. The van der Waals surface area contributed by atoms with Gasteiger partial charge < -0.3 is 20.3 Å². The molecule has 1 aliphatic carbocycles. The van der Waals surface area contributed by atoms with E-state index in [4.69, 9.17) is 0 Å². The smallest absolute Gasteiger partial charge is 0.294 e. The predicted octanol–water partition coefficient (Wildman–Crippen LogP) is 3.83. The average Bonchev–Trinajstić information content (AvgIpc) is 3.09. The molecule has 1 aromatic carbocycles. The molecule has 0 unspecified atom stereocenters. The zero-order valence-electron chi connectivity index (χ0n) is 20.0. The number of carbonyl (C=O) groups is 3. The van der Waals surface area contributed by atoms with Crippen LogP contribution in [0.15, 0.2) is 18.2 Å². The fourth-order valence-corrected chi connectivity index (χ4v) is 5.19. The number of ketones is 1. The molecule has 0 spiro atoms. The van der Waals surface area contributed by atoms with E-state index in [1.165, 1.54) is 12.1 Å². The zero-order chi connectivity index (χ0) is 24.6. The van der Waals surface area contributed by atoms with Crippen LogP contribution >= 0.6 is 0 Å². The maximum atomic E-state index is 13.6. The van der Waals surface area contributed by atoms with Gasteiger partial charge in [0.1, 0.15) is 5.82 Å². The summed E-state index contributed by atoms with van der Waals surface area (Å²) in [6, 6.07) is 4.36. The number of aryl methyl sites for hydroxylation is 1. The minimum Gasteiger partial charge on any atom is -0.393 e. The first kappa shape index (κ1) is 24.1. The Kier molecular flexibility index (Phi) is 6.62. The van der Waals surface area contributed by atoms with Crippen molar-refractivity contribution in [3.63, 3.8) is 0 Å². The minimum atomic E-state index is -0.686. The Morgan fingerprint density at radius 3 is 2.53 bits per heavy atom. The number of aliphatic hydroxyl groups is 1. The first-order valence-electron chi connectivity index (χ1n) is 11.9. The van der Waals surface area contributed by atoms with Crippen LogP contribution in [0.1, 0.15) is 83.1 Å². The van der Waals surface area contributed by atoms with E-state index >= 15 is 0 Å². The first-order valence-corrected chi connectivity index (χ1v) is 11.9. The Morgan fingerprint density at radius 1 is 1.15 bits per heavy atom. The summed E-state index contributed by atoms with van der Waals surface area (Å²) in [4.78, 5) is 39.6. The summed E-state index contributed by atoms with van der Waals surface area (Å²) >= 11 is 0. The lowest BCUT2D eigenvalue weighted by atomic mass is 9.82. The molecule has 7 nitrogen and oxygen atoms in total. The summed E-state index contributed by atoms with van der Waals surface area (Å²) in [6.07, 6.45) is 4.38. The number of anilines is 1. The second-order valence-electron chi connectivity index (χ2n) is 9.90. The number of rotatable bonds is 5. The molecular weight excluding hydrogens is 437 g/mol. The second-order valence-corrected chi connectivity index (χ2v) is 9.90. The maximum absolute atomic E-state index is 13.6. The average molecular weight is 470 g/mol. The molecule has 2 heterocycles. The summed E-state index contributed by atoms with van der Waals surface area (Å²) in [5, 5.41) is 15.5. The van der Waals surface area contributed by atoms with Crippen LogP contribution < -0.4 is 10.6 Å². The van der Waals surface area contributed by atoms with Crippen LogP contribution in [0, 0.1) is 19.7 Å². The second kappa shape index (κ2) is 9.33. The minimum absolute atomic E-state index is 0.257. The number of benzene rings is 1. The van der Waals surface area contributed by atoms with Crippen LogP contribution in [-0.4, -0.2) is 38.9 Å². The molecule has 2 aliphatic rings. The summed E-state index contributed by atoms with van der Waals surface area (Å²) in [7, 11) is 0. The lowest BCUT2D eigenvalue weighted by Gasteiger charge is -2.36. The quantitative estimate of drug-likeness (QED) is 0.458. The number of carbonyl (C=O) groups excluding carboxylic acids is 3. The number of fused-ring (bicyclic) bond motifs is 1. The van der Waals surface area contributed by atoms with Crippen LogP contribution in [0.2, 0.25) is 0 Å². The number of nitrogens with zero attached hydrogens (tertiary/aromatic N) is 1. The molecule has 1 aliphatic heterocycles. The van der Waals surface area contributed by atoms with Crippen LogP contribution in [0.4, 0.5) is 10.1 Å². The maximum Gasteiger partial charge on any atom is 0.294 e. The molecule has 1 aromatic heterocycles. The molecular formula is C26H32FN3O4. The van der Waals surface area contributed by atoms with E-state index in [0.717, 1.165) is 18.5 Å². The molecule has 0 saturated heterocycles. The van der Waals surface area contributed by atoms with Gasteiger partial charge >= 0.3 is 0 Å². The zero-order valence-corrected chi connectivity index (χ0v) is 20.0. The van der Waals surface area contributed by atoms with E-state index in [2.05, 4.69) is 10.6 Å². The topological polar surface area (TPSA) is 100 Å². The normalized spacial score (nSPS) is 22.1. The highest BCUT2D eigenvalue weighted by Crippen LogP contribution is 2.31. The fraction of sp³-hybridized carbons (Fsp3) is 0.500. The van der Waals surface area contributed by atoms with E-state index in [0.29, 0.717) is 61.0 Å². The Bertz CT molecular complexity index is 1150. The fourth-order valence-electron chi connectivity index (χ4n) is 5.19. The molecule has 0 bridgehead atoms. The van der Waals surface area contributed by atoms with Crippen molar-refractivity contribution in [1.82, 2.24) is 9.88 Å². The molecule has 3 N–H and O–H groups in total. The monoisotopic (exact) mass is 469 g/mol. The molecule has 0 atom stereocenters. The number of Topliss-reactive ketones (excluding diaryl/α,β-unsaturated/α-hetero) is 1. The van der Waals surface area contributed by atoms with Gasteiger partial charge in [-0.25, -0.2) is 4.39 Å². The summed E-state index contributed by atoms with van der Waals surface area (Å²) in [5.41, 5.74) is 2.25. The van der Waals surface area contributed by atoms with Gasteiger partial charge in [-0.3, -0.25) is 14.4 Å². The van der Waals surface area contributed by atoms with Crippen molar-refractivity contribution < 1.29 is 23.9 Å². The van der Waals surface area contributed by atoms with Crippen LogP contribution in [0.25, 0.3) is 0 Å². The molecule has 182 valence electrons.